The Labute approximate surface area is 119 Å². The average molecular weight is 276 g/mol. The minimum absolute atomic E-state index is 0.211. The summed E-state index contributed by atoms with van der Waals surface area (Å²) in [5, 5.41) is 10.2. The lowest BCUT2D eigenvalue weighted by Crippen LogP contribution is -2.30. The van der Waals surface area contributed by atoms with Crippen LogP contribution >= 0.6 is 0 Å². The summed E-state index contributed by atoms with van der Waals surface area (Å²) in [6.07, 6.45) is 5.17. The highest BCUT2D eigenvalue weighted by atomic mass is 19.1. The van der Waals surface area contributed by atoms with Crippen LogP contribution in [0.15, 0.2) is 24.3 Å². The average Bonchev–Trinajstić information content (AvgIpc) is 2.75. The highest BCUT2D eigenvalue weighted by Crippen LogP contribution is 2.53. The zero-order valence-corrected chi connectivity index (χ0v) is 11.5. The number of carbonyl (C=O) groups excluding carboxylic acids is 1. The van der Waals surface area contributed by atoms with E-state index >= 15 is 0 Å². The first-order chi connectivity index (χ1) is 9.69. The van der Waals surface area contributed by atoms with Crippen LogP contribution < -0.4 is 0 Å². The zero-order valence-electron chi connectivity index (χ0n) is 11.5. The van der Waals surface area contributed by atoms with Gasteiger partial charge in [-0.1, -0.05) is 12.1 Å². The summed E-state index contributed by atoms with van der Waals surface area (Å²) in [5.41, 5.74) is 1.16. The minimum atomic E-state index is -0.220. The lowest BCUT2D eigenvalue weighted by molar-refractivity contribution is -0.108. The largest absolute Gasteiger partial charge is 0.393 e. The second-order valence-corrected chi connectivity index (χ2v) is 6.37. The van der Waals surface area contributed by atoms with Gasteiger partial charge >= 0.3 is 0 Å². The van der Waals surface area contributed by atoms with Crippen molar-refractivity contribution >= 4 is 6.29 Å². The van der Waals surface area contributed by atoms with Crippen molar-refractivity contribution in [2.45, 2.75) is 44.1 Å². The molecule has 1 aromatic rings. The van der Waals surface area contributed by atoms with Crippen LogP contribution in [-0.2, 0) is 4.79 Å². The summed E-state index contributed by atoms with van der Waals surface area (Å²) < 4.78 is 13.1. The van der Waals surface area contributed by atoms with Crippen LogP contribution in [0.25, 0.3) is 0 Å². The van der Waals surface area contributed by atoms with Crippen molar-refractivity contribution in [3.8, 4) is 0 Å². The monoisotopic (exact) mass is 276 g/mol. The van der Waals surface area contributed by atoms with Crippen LogP contribution in [0, 0.1) is 23.6 Å². The molecule has 2 aliphatic rings. The van der Waals surface area contributed by atoms with Crippen LogP contribution in [0.1, 0.15) is 43.6 Å². The Bertz CT molecular complexity index is 470. The number of carbonyl (C=O) groups is 1. The van der Waals surface area contributed by atoms with Crippen molar-refractivity contribution in [3.05, 3.63) is 35.6 Å². The number of fused-ring (bicyclic) bond motifs is 2. The van der Waals surface area contributed by atoms with E-state index in [9.17, 15) is 14.3 Å². The van der Waals surface area contributed by atoms with E-state index in [0.717, 1.165) is 37.5 Å². The molecule has 2 aliphatic carbocycles. The summed E-state index contributed by atoms with van der Waals surface area (Å²) in [7, 11) is 0. The second kappa shape index (κ2) is 5.65. The Morgan fingerprint density at radius 3 is 2.65 bits per heavy atom. The first kappa shape index (κ1) is 13.7. The predicted octanol–water partition coefficient (Wildman–Crippen LogP) is 3.30. The predicted molar refractivity (Wildman–Crippen MR) is 74.8 cm³/mol. The third-order valence-electron chi connectivity index (χ3n) is 5.24. The minimum Gasteiger partial charge on any atom is -0.393 e. The molecule has 5 atom stereocenters. The molecular weight excluding hydrogens is 255 g/mol. The maximum Gasteiger partial charge on any atom is 0.123 e. The summed E-state index contributed by atoms with van der Waals surface area (Å²) >= 11 is 0. The van der Waals surface area contributed by atoms with Gasteiger partial charge in [-0.15, -0.1) is 0 Å². The van der Waals surface area contributed by atoms with E-state index in [4.69, 9.17) is 0 Å². The summed E-state index contributed by atoms with van der Waals surface area (Å²) in [6, 6.07) is 6.76. The molecule has 1 aromatic carbocycles. The van der Waals surface area contributed by atoms with Gasteiger partial charge in [0.2, 0.25) is 0 Å². The van der Waals surface area contributed by atoms with Gasteiger partial charge in [0, 0.05) is 6.42 Å². The molecule has 0 radical (unpaired) electrons. The quantitative estimate of drug-likeness (QED) is 0.857. The van der Waals surface area contributed by atoms with Gasteiger partial charge in [-0.3, -0.25) is 0 Å². The second-order valence-electron chi connectivity index (χ2n) is 6.37. The molecule has 2 nitrogen and oxygen atoms in total. The lowest BCUT2D eigenvalue weighted by atomic mass is 9.67. The van der Waals surface area contributed by atoms with E-state index in [1.54, 1.807) is 0 Å². The van der Waals surface area contributed by atoms with Crippen LogP contribution in [0.4, 0.5) is 4.39 Å². The topological polar surface area (TPSA) is 37.3 Å². The van der Waals surface area contributed by atoms with Crippen LogP contribution in [0.2, 0.25) is 0 Å². The van der Waals surface area contributed by atoms with Gasteiger partial charge in [0.25, 0.3) is 0 Å². The molecule has 0 heterocycles. The lowest BCUT2D eigenvalue weighted by Gasteiger charge is -2.37. The maximum absolute atomic E-state index is 13.1. The number of halogens is 1. The number of aliphatic hydroxyl groups is 1. The number of benzene rings is 1. The zero-order chi connectivity index (χ0) is 14.1. The van der Waals surface area contributed by atoms with Gasteiger partial charge in [0.15, 0.2) is 0 Å². The SMILES string of the molecule is O=CCC[C@@H]1C2CC(CC2O)C[C@H]1c1ccc(F)cc1. The van der Waals surface area contributed by atoms with E-state index in [-0.39, 0.29) is 11.9 Å². The summed E-state index contributed by atoms with van der Waals surface area (Å²) in [5.74, 6) is 1.38. The molecule has 3 unspecified atom stereocenters. The number of aliphatic hydroxyl groups excluding tert-OH is 1. The van der Waals surface area contributed by atoms with E-state index in [2.05, 4.69) is 0 Å². The molecule has 0 spiro atoms. The molecule has 0 aromatic heterocycles. The first-order valence-corrected chi connectivity index (χ1v) is 7.56. The van der Waals surface area contributed by atoms with Crippen LogP contribution in [-0.4, -0.2) is 17.5 Å². The van der Waals surface area contributed by atoms with Crippen molar-refractivity contribution in [3.63, 3.8) is 0 Å². The third kappa shape index (κ3) is 2.51. The van der Waals surface area contributed by atoms with Crippen LogP contribution in [0.3, 0.4) is 0 Å². The molecule has 0 saturated heterocycles. The van der Waals surface area contributed by atoms with E-state index in [1.807, 2.05) is 12.1 Å². The van der Waals surface area contributed by atoms with Crippen molar-refractivity contribution in [2.75, 3.05) is 0 Å². The smallest absolute Gasteiger partial charge is 0.123 e. The number of hydrogen-bond acceptors (Lipinski definition) is 2. The number of rotatable bonds is 4. The van der Waals surface area contributed by atoms with Gasteiger partial charge in [-0.25, -0.2) is 4.39 Å². The van der Waals surface area contributed by atoms with Crippen molar-refractivity contribution in [1.82, 2.24) is 0 Å². The molecule has 2 bridgehead atoms. The van der Waals surface area contributed by atoms with Crippen LogP contribution in [0.5, 0.6) is 0 Å². The molecule has 3 heteroatoms. The molecular formula is C17H21FO2. The summed E-state index contributed by atoms with van der Waals surface area (Å²) in [6.45, 7) is 0. The molecule has 2 saturated carbocycles. The van der Waals surface area contributed by atoms with E-state index in [1.165, 1.54) is 12.1 Å². The molecule has 1 N–H and O–H groups in total. The Morgan fingerprint density at radius 1 is 1.20 bits per heavy atom. The Kier molecular flexibility index (Phi) is 3.88. The summed E-state index contributed by atoms with van der Waals surface area (Å²) in [4.78, 5) is 10.7. The van der Waals surface area contributed by atoms with E-state index < -0.39 is 0 Å². The number of hydrogen-bond donors (Lipinski definition) is 1. The van der Waals surface area contributed by atoms with Gasteiger partial charge in [0.1, 0.15) is 12.1 Å². The Hall–Kier alpha value is -1.22. The van der Waals surface area contributed by atoms with Gasteiger partial charge in [0.05, 0.1) is 6.10 Å². The fraction of sp³-hybridized carbons (Fsp3) is 0.588. The Morgan fingerprint density at radius 2 is 1.95 bits per heavy atom. The fourth-order valence-electron chi connectivity index (χ4n) is 4.41. The highest BCUT2D eigenvalue weighted by Gasteiger charge is 2.46. The highest BCUT2D eigenvalue weighted by molar-refractivity contribution is 5.49. The fourth-order valence-corrected chi connectivity index (χ4v) is 4.41. The molecule has 2 fully saturated rings. The van der Waals surface area contributed by atoms with Gasteiger partial charge in [-0.2, -0.15) is 0 Å². The van der Waals surface area contributed by atoms with Gasteiger partial charge in [-0.05, 0) is 67.1 Å². The molecule has 0 amide bonds. The molecule has 108 valence electrons. The van der Waals surface area contributed by atoms with E-state index in [0.29, 0.717) is 30.1 Å². The standard InChI is InChI=1S/C17H21FO2/c18-13-5-3-12(4-6-13)15-8-11-9-16(17(20)10-11)14(15)2-1-7-19/h3-7,11,14-17,20H,1-2,8-10H2/t11?,14-,15-,16?,17?/m0/s1. The van der Waals surface area contributed by atoms with Gasteiger partial charge < -0.3 is 9.90 Å². The van der Waals surface area contributed by atoms with Crippen molar-refractivity contribution in [1.29, 1.82) is 0 Å². The first-order valence-electron chi connectivity index (χ1n) is 7.56. The molecule has 0 aliphatic heterocycles. The maximum atomic E-state index is 13.1. The Balaban J connectivity index is 1.86. The number of aldehydes is 1. The molecule has 20 heavy (non-hydrogen) atoms. The van der Waals surface area contributed by atoms with Crippen molar-refractivity contribution < 1.29 is 14.3 Å². The van der Waals surface area contributed by atoms with Crippen molar-refractivity contribution in [2.24, 2.45) is 17.8 Å². The normalized spacial score (nSPS) is 36.0. The third-order valence-corrected chi connectivity index (χ3v) is 5.24. The molecule has 3 rings (SSSR count).